The minimum Gasteiger partial charge on any atom is -0.376 e. The van der Waals surface area contributed by atoms with E-state index in [2.05, 4.69) is 74.5 Å². The van der Waals surface area contributed by atoms with Crippen LogP contribution in [-0.2, 0) is 18.4 Å². The highest BCUT2D eigenvalue weighted by atomic mass is 16.3. The van der Waals surface area contributed by atoms with Crippen LogP contribution >= 0.6 is 0 Å². The first-order valence-corrected chi connectivity index (χ1v) is 18.6. The van der Waals surface area contributed by atoms with Gasteiger partial charge in [-0.05, 0) is 53.5 Å². The Hall–Kier alpha value is -2.38. The summed E-state index contributed by atoms with van der Waals surface area (Å²) in [5.74, 6) is 0. The lowest BCUT2D eigenvalue weighted by atomic mass is 9.79. The Bertz CT molecular complexity index is 1010. The molecule has 3 aromatic carbocycles. The molecule has 0 amide bonds. The van der Waals surface area contributed by atoms with E-state index in [0.29, 0.717) is 0 Å². The molecule has 0 aliphatic carbocycles. The lowest BCUT2D eigenvalue weighted by Crippen LogP contribution is -2.28. The average molecular weight is 597 g/mol. The quantitative estimate of drug-likeness (QED) is 0.0762. The maximum absolute atomic E-state index is 12.3. The standard InChI is InChI=1S/C43H64O/c1-3-5-7-9-11-13-15-17-19-22-26-38-30-34-41(35-31-38)43(44,40-28-24-21-25-29-40)42-36-32-39(33-37-42)27-23-20-18-16-14-12-10-8-6-4-2/h21,24-25,28-37,44H,3-20,22-23,26-27H2,1-2H3. The van der Waals surface area contributed by atoms with Gasteiger partial charge in [0.2, 0.25) is 0 Å². The Morgan fingerprint density at radius 2 is 0.659 bits per heavy atom. The molecule has 0 atom stereocenters. The summed E-state index contributed by atoms with van der Waals surface area (Å²) in [5.41, 5.74) is 4.39. The van der Waals surface area contributed by atoms with E-state index in [9.17, 15) is 5.11 Å². The molecule has 3 aromatic rings. The summed E-state index contributed by atoms with van der Waals surface area (Å²) in [6.45, 7) is 4.57. The lowest BCUT2D eigenvalue weighted by Gasteiger charge is -2.30. The molecule has 1 nitrogen and oxygen atoms in total. The second kappa shape index (κ2) is 22.2. The highest BCUT2D eigenvalue weighted by molar-refractivity contribution is 5.48. The summed E-state index contributed by atoms with van der Waals surface area (Å²) < 4.78 is 0. The average Bonchev–Trinajstić information content (AvgIpc) is 3.07. The molecule has 0 aliphatic rings. The third-order valence-electron chi connectivity index (χ3n) is 9.57. The van der Waals surface area contributed by atoms with Crippen molar-refractivity contribution in [1.82, 2.24) is 0 Å². The van der Waals surface area contributed by atoms with Crippen LogP contribution in [0, 0.1) is 0 Å². The molecule has 242 valence electrons. The molecule has 44 heavy (non-hydrogen) atoms. The Morgan fingerprint density at radius 3 is 1.00 bits per heavy atom. The Balaban J connectivity index is 1.48. The van der Waals surface area contributed by atoms with Crippen LogP contribution in [0.15, 0.2) is 78.9 Å². The van der Waals surface area contributed by atoms with Crippen LogP contribution < -0.4 is 0 Å². The number of aliphatic hydroxyl groups is 1. The Kier molecular flexibility index (Phi) is 18.2. The zero-order valence-electron chi connectivity index (χ0n) is 28.5. The fourth-order valence-corrected chi connectivity index (χ4v) is 6.64. The maximum atomic E-state index is 12.3. The van der Waals surface area contributed by atoms with Gasteiger partial charge >= 0.3 is 0 Å². The first kappa shape index (κ1) is 36.1. The zero-order chi connectivity index (χ0) is 31.1. The molecule has 0 heterocycles. The van der Waals surface area contributed by atoms with Crippen molar-refractivity contribution in [2.24, 2.45) is 0 Å². The summed E-state index contributed by atoms with van der Waals surface area (Å²) in [7, 11) is 0. The smallest absolute Gasteiger partial charge is 0.140 e. The van der Waals surface area contributed by atoms with E-state index in [1.165, 1.54) is 140 Å². The number of unbranched alkanes of at least 4 members (excludes halogenated alkanes) is 18. The fourth-order valence-electron chi connectivity index (χ4n) is 6.64. The van der Waals surface area contributed by atoms with Crippen molar-refractivity contribution in [1.29, 1.82) is 0 Å². The first-order chi connectivity index (χ1) is 21.7. The highest BCUT2D eigenvalue weighted by Gasteiger charge is 2.33. The summed E-state index contributed by atoms with van der Waals surface area (Å²) in [6, 6.07) is 27.7. The van der Waals surface area contributed by atoms with E-state index in [0.717, 1.165) is 29.5 Å². The largest absolute Gasteiger partial charge is 0.376 e. The second-order valence-electron chi connectivity index (χ2n) is 13.3. The van der Waals surface area contributed by atoms with E-state index in [4.69, 9.17) is 0 Å². The van der Waals surface area contributed by atoms with Crippen LogP contribution in [0.4, 0.5) is 0 Å². The topological polar surface area (TPSA) is 20.2 Å². The molecule has 0 fully saturated rings. The minimum absolute atomic E-state index is 0.921. The van der Waals surface area contributed by atoms with Gasteiger partial charge in [-0.2, -0.15) is 0 Å². The molecule has 1 heteroatoms. The molecule has 0 radical (unpaired) electrons. The van der Waals surface area contributed by atoms with Crippen LogP contribution in [0.5, 0.6) is 0 Å². The van der Waals surface area contributed by atoms with Crippen LogP contribution in [0.3, 0.4) is 0 Å². The molecule has 3 rings (SSSR count). The van der Waals surface area contributed by atoms with Crippen LogP contribution in [0.2, 0.25) is 0 Å². The second-order valence-corrected chi connectivity index (χ2v) is 13.3. The van der Waals surface area contributed by atoms with E-state index in [1.54, 1.807) is 0 Å². The van der Waals surface area contributed by atoms with Gasteiger partial charge < -0.3 is 5.11 Å². The van der Waals surface area contributed by atoms with E-state index in [1.807, 2.05) is 18.2 Å². The molecule has 0 spiro atoms. The molecular weight excluding hydrogens is 532 g/mol. The van der Waals surface area contributed by atoms with Crippen LogP contribution in [0.1, 0.15) is 170 Å². The van der Waals surface area contributed by atoms with Crippen molar-refractivity contribution >= 4 is 0 Å². The van der Waals surface area contributed by atoms with Gasteiger partial charge in [-0.15, -0.1) is 0 Å². The first-order valence-electron chi connectivity index (χ1n) is 18.6. The Labute approximate surface area is 271 Å². The number of benzene rings is 3. The summed E-state index contributed by atoms with van der Waals surface area (Å²) in [4.78, 5) is 0. The normalized spacial score (nSPS) is 11.7. The number of hydrogen-bond acceptors (Lipinski definition) is 1. The van der Waals surface area contributed by atoms with E-state index < -0.39 is 5.60 Å². The fraction of sp³-hybridized carbons (Fsp3) is 0.581. The van der Waals surface area contributed by atoms with Crippen molar-refractivity contribution in [3.8, 4) is 0 Å². The van der Waals surface area contributed by atoms with E-state index >= 15 is 0 Å². The third-order valence-corrected chi connectivity index (χ3v) is 9.57. The van der Waals surface area contributed by atoms with Gasteiger partial charge in [0, 0.05) is 0 Å². The maximum Gasteiger partial charge on any atom is 0.140 e. The van der Waals surface area contributed by atoms with Gasteiger partial charge in [-0.3, -0.25) is 0 Å². The van der Waals surface area contributed by atoms with Gasteiger partial charge in [-0.25, -0.2) is 0 Å². The monoisotopic (exact) mass is 596 g/mol. The molecule has 0 saturated carbocycles. The summed E-state index contributed by atoms with van der Waals surface area (Å²) in [5, 5.41) is 12.3. The molecule has 0 aliphatic heterocycles. The predicted octanol–water partition coefficient (Wildman–Crippen LogP) is 12.9. The molecule has 1 N–H and O–H groups in total. The van der Waals surface area contributed by atoms with Gasteiger partial charge in [0.1, 0.15) is 5.60 Å². The zero-order valence-corrected chi connectivity index (χ0v) is 28.5. The summed E-state index contributed by atoms with van der Waals surface area (Å²) >= 11 is 0. The van der Waals surface area contributed by atoms with Crippen molar-refractivity contribution in [3.05, 3.63) is 107 Å². The molecular formula is C43H64O. The SMILES string of the molecule is CCCCCCCCCCCCc1ccc(C(O)(c2ccccc2)c2ccc(CCCCCCCCCCCC)cc2)cc1. The van der Waals surface area contributed by atoms with Crippen molar-refractivity contribution in [3.63, 3.8) is 0 Å². The lowest BCUT2D eigenvalue weighted by molar-refractivity contribution is 0.125. The molecule has 0 saturated heterocycles. The number of hydrogen-bond donors (Lipinski definition) is 1. The third kappa shape index (κ3) is 12.9. The minimum atomic E-state index is -1.16. The van der Waals surface area contributed by atoms with E-state index in [-0.39, 0.29) is 0 Å². The van der Waals surface area contributed by atoms with Crippen molar-refractivity contribution in [2.75, 3.05) is 0 Å². The predicted molar refractivity (Wildman–Crippen MR) is 193 cm³/mol. The number of aryl methyl sites for hydroxylation is 2. The highest BCUT2D eigenvalue weighted by Crippen LogP contribution is 2.37. The van der Waals surface area contributed by atoms with Crippen molar-refractivity contribution < 1.29 is 5.11 Å². The van der Waals surface area contributed by atoms with Crippen LogP contribution in [-0.4, -0.2) is 5.11 Å². The van der Waals surface area contributed by atoms with Crippen molar-refractivity contribution in [2.45, 2.75) is 161 Å². The molecule has 0 bridgehead atoms. The number of rotatable bonds is 25. The Morgan fingerprint density at radius 1 is 0.364 bits per heavy atom. The van der Waals surface area contributed by atoms with Gasteiger partial charge in [-0.1, -0.05) is 208 Å². The van der Waals surface area contributed by atoms with Gasteiger partial charge in [0.15, 0.2) is 0 Å². The van der Waals surface area contributed by atoms with Gasteiger partial charge in [0.25, 0.3) is 0 Å². The summed E-state index contributed by atoms with van der Waals surface area (Å²) in [6.07, 6.45) is 29.6. The van der Waals surface area contributed by atoms with Crippen LogP contribution in [0.25, 0.3) is 0 Å². The molecule has 0 unspecified atom stereocenters. The van der Waals surface area contributed by atoms with Gasteiger partial charge in [0.05, 0.1) is 0 Å². The molecule has 0 aromatic heterocycles.